The first-order chi connectivity index (χ1) is 12.6. The van der Waals surface area contributed by atoms with Gasteiger partial charge < -0.3 is 9.47 Å². The van der Waals surface area contributed by atoms with Gasteiger partial charge in [0.15, 0.2) is 11.5 Å². The van der Waals surface area contributed by atoms with E-state index in [0.29, 0.717) is 17.1 Å². The minimum atomic E-state index is -4.77. The van der Waals surface area contributed by atoms with Crippen LogP contribution in [-0.2, 0) is 22.7 Å². The Bertz CT molecular complexity index is 898. The van der Waals surface area contributed by atoms with E-state index in [1.807, 2.05) is 0 Å². The second-order valence-corrected chi connectivity index (χ2v) is 7.52. The standard InChI is InChI=1S/C18H20F3NO4S/c1-4-22(12-13-9-10-15(25-2)16(11-13)26-3)27(23,24)17-8-6-5-7-14(17)18(19,20)21/h5-11H,4,12H2,1-3H3. The lowest BCUT2D eigenvalue weighted by Crippen LogP contribution is -2.32. The number of hydrogen-bond acceptors (Lipinski definition) is 4. The van der Waals surface area contributed by atoms with Crippen LogP contribution in [0.2, 0.25) is 0 Å². The van der Waals surface area contributed by atoms with Gasteiger partial charge in [0.25, 0.3) is 0 Å². The van der Waals surface area contributed by atoms with Crippen LogP contribution in [-0.4, -0.2) is 33.5 Å². The number of ether oxygens (including phenoxy) is 2. The van der Waals surface area contributed by atoms with Crippen LogP contribution < -0.4 is 9.47 Å². The summed E-state index contributed by atoms with van der Waals surface area (Å²) in [6, 6.07) is 8.99. The summed E-state index contributed by atoms with van der Waals surface area (Å²) < 4.78 is 76.8. The first-order valence-corrected chi connectivity index (χ1v) is 9.46. The number of sulfonamides is 1. The van der Waals surface area contributed by atoms with Crippen molar-refractivity contribution in [2.75, 3.05) is 20.8 Å². The van der Waals surface area contributed by atoms with Gasteiger partial charge in [-0.2, -0.15) is 17.5 Å². The van der Waals surface area contributed by atoms with Gasteiger partial charge in [0.2, 0.25) is 10.0 Å². The molecule has 2 aromatic rings. The zero-order chi connectivity index (χ0) is 20.2. The predicted molar refractivity (Wildman–Crippen MR) is 94.3 cm³/mol. The fourth-order valence-corrected chi connectivity index (χ4v) is 4.26. The highest BCUT2D eigenvalue weighted by Gasteiger charge is 2.38. The molecule has 148 valence electrons. The van der Waals surface area contributed by atoms with Crippen molar-refractivity contribution in [1.29, 1.82) is 0 Å². The van der Waals surface area contributed by atoms with E-state index < -0.39 is 26.7 Å². The minimum absolute atomic E-state index is 0.00285. The monoisotopic (exact) mass is 403 g/mol. The zero-order valence-corrected chi connectivity index (χ0v) is 15.9. The number of nitrogens with zero attached hydrogens (tertiary/aromatic N) is 1. The topological polar surface area (TPSA) is 55.8 Å². The van der Waals surface area contributed by atoms with Gasteiger partial charge in [-0.3, -0.25) is 0 Å². The largest absolute Gasteiger partial charge is 0.493 e. The van der Waals surface area contributed by atoms with Crippen molar-refractivity contribution in [1.82, 2.24) is 4.31 Å². The maximum Gasteiger partial charge on any atom is 0.417 e. The Balaban J connectivity index is 2.43. The molecule has 27 heavy (non-hydrogen) atoms. The van der Waals surface area contributed by atoms with Gasteiger partial charge in [0.05, 0.1) is 24.7 Å². The summed E-state index contributed by atoms with van der Waals surface area (Å²) >= 11 is 0. The Hall–Kier alpha value is -2.26. The van der Waals surface area contributed by atoms with Crippen LogP contribution >= 0.6 is 0 Å². The highest BCUT2D eigenvalue weighted by molar-refractivity contribution is 7.89. The van der Waals surface area contributed by atoms with Crippen molar-refractivity contribution in [3.8, 4) is 11.5 Å². The molecule has 0 radical (unpaired) electrons. The molecule has 0 saturated heterocycles. The number of rotatable bonds is 7. The summed E-state index contributed by atoms with van der Waals surface area (Å²) in [4.78, 5) is -0.764. The van der Waals surface area contributed by atoms with Gasteiger partial charge in [-0.1, -0.05) is 25.1 Å². The molecule has 0 bridgehead atoms. The Morgan fingerprint density at radius 1 is 1.00 bits per heavy atom. The van der Waals surface area contributed by atoms with Crippen molar-refractivity contribution < 1.29 is 31.1 Å². The maximum absolute atomic E-state index is 13.2. The van der Waals surface area contributed by atoms with Crippen LogP contribution in [0.1, 0.15) is 18.1 Å². The molecule has 0 aliphatic heterocycles. The van der Waals surface area contributed by atoms with Crippen LogP contribution in [0.5, 0.6) is 11.5 Å². The SMILES string of the molecule is CCN(Cc1ccc(OC)c(OC)c1)S(=O)(=O)c1ccccc1C(F)(F)F. The number of methoxy groups -OCH3 is 2. The van der Waals surface area contributed by atoms with Gasteiger partial charge in [-0.15, -0.1) is 0 Å². The summed E-state index contributed by atoms with van der Waals surface area (Å²) in [6.45, 7) is 1.46. The third-order valence-corrected chi connectivity index (χ3v) is 5.95. The van der Waals surface area contributed by atoms with Gasteiger partial charge >= 0.3 is 6.18 Å². The quantitative estimate of drug-likeness (QED) is 0.703. The van der Waals surface area contributed by atoms with Crippen LogP contribution in [0.4, 0.5) is 13.2 Å². The Labute approximate surface area is 156 Å². The molecule has 0 heterocycles. The van der Waals surface area contributed by atoms with Gasteiger partial charge in [-0.05, 0) is 29.8 Å². The van der Waals surface area contributed by atoms with Gasteiger partial charge in [0.1, 0.15) is 0 Å². The van der Waals surface area contributed by atoms with Gasteiger partial charge in [-0.25, -0.2) is 8.42 Å². The van der Waals surface area contributed by atoms with E-state index >= 15 is 0 Å². The number of hydrogen-bond donors (Lipinski definition) is 0. The van der Waals surface area contributed by atoms with Crippen molar-refractivity contribution in [3.05, 3.63) is 53.6 Å². The van der Waals surface area contributed by atoms with E-state index in [0.717, 1.165) is 22.5 Å². The molecule has 2 aromatic carbocycles. The van der Waals surface area contributed by atoms with E-state index in [2.05, 4.69) is 0 Å². The normalized spacial score (nSPS) is 12.3. The third kappa shape index (κ3) is 4.54. The van der Waals surface area contributed by atoms with Crippen molar-refractivity contribution in [2.45, 2.75) is 24.5 Å². The van der Waals surface area contributed by atoms with Crippen LogP contribution in [0.15, 0.2) is 47.4 Å². The molecule has 2 rings (SSSR count). The molecule has 5 nitrogen and oxygen atoms in total. The van der Waals surface area contributed by atoms with Crippen LogP contribution in [0.25, 0.3) is 0 Å². The number of alkyl halides is 3. The van der Waals surface area contributed by atoms with Crippen molar-refractivity contribution in [2.24, 2.45) is 0 Å². The molecule has 0 aromatic heterocycles. The average Bonchev–Trinajstić information content (AvgIpc) is 2.65. The second-order valence-electron chi connectivity index (χ2n) is 5.61. The molecule has 0 spiro atoms. The first kappa shape index (κ1) is 21.0. The fraction of sp³-hybridized carbons (Fsp3) is 0.333. The van der Waals surface area contributed by atoms with E-state index in [9.17, 15) is 21.6 Å². The van der Waals surface area contributed by atoms with Crippen LogP contribution in [0, 0.1) is 0 Å². The average molecular weight is 403 g/mol. The molecule has 0 aliphatic carbocycles. The zero-order valence-electron chi connectivity index (χ0n) is 15.1. The second kappa shape index (κ2) is 8.18. The van der Waals surface area contributed by atoms with E-state index in [-0.39, 0.29) is 13.1 Å². The Morgan fingerprint density at radius 3 is 2.19 bits per heavy atom. The molecular formula is C18H20F3NO4S. The van der Waals surface area contributed by atoms with Crippen molar-refractivity contribution in [3.63, 3.8) is 0 Å². The molecule has 9 heteroatoms. The van der Waals surface area contributed by atoms with E-state index in [1.165, 1.54) is 20.3 Å². The molecule has 0 aliphatic rings. The van der Waals surface area contributed by atoms with Crippen LogP contribution in [0.3, 0.4) is 0 Å². The lowest BCUT2D eigenvalue weighted by atomic mass is 10.2. The summed E-state index contributed by atoms with van der Waals surface area (Å²) in [5.74, 6) is 0.869. The highest BCUT2D eigenvalue weighted by atomic mass is 32.2. The highest BCUT2D eigenvalue weighted by Crippen LogP contribution is 2.35. The third-order valence-electron chi connectivity index (χ3n) is 3.97. The molecule has 0 saturated carbocycles. The summed E-state index contributed by atoms with van der Waals surface area (Å²) in [5.41, 5.74) is -0.627. The molecule has 0 N–H and O–H groups in total. The molecule has 0 amide bonds. The summed E-state index contributed by atoms with van der Waals surface area (Å²) in [6.07, 6.45) is -4.77. The number of benzene rings is 2. The maximum atomic E-state index is 13.2. The van der Waals surface area contributed by atoms with E-state index in [1.54, 1.807) is 25.1 Å². The minimum Gasteiger partial charge on any atom is -0.493 e. The molecular weight excluding hydrogens is 383 g/mol. The van der Waals surface area contributed by atoms with Gasteiger partial charge in [0, 0.05) is 13.1 Å². The lowest BCUT2D eigenvalue weighted by molar-refractivity contribution is -0.139. The number of halogens is 3. The van der Waals surface area contributed by atoms with Crippen molar-refractivity contribution >= 4 is 10.0 Å². The summed E-state index contributed by atoms with van der Waals surface area (Å²) in [5, 5.41) is 0. The smallest absolute Gasteiger partial charge is 0.417 e. The first-order valence-electron chi connectivity index (χ1n) is 8.02. The van der Waals surface area contributed by atoms with E-state index in [4.69, 9.17) is 9.47 Å². The summed E-state index contributed by atoms with van der Waals surface area (Å²) in [7, 11) is -1.45. The fourth-order valence-electron chi connectivity index (χ4n) is 2.61. The lowest BCUT2D eigenvalue weighted by Gasteiger charge is -2.23. The molecule has 0 unspecified atom stereocenters. The molecule has 0 fully saturated rings. The predicted octanol–water partition coefficient (Wildman–Crippen LogP) is 3.93. The molecule has 0 atom stereocenters. The Morgan fingerprint density at radius 2 is 1.63 bits per heavy atom. The Kier molecular flexibility index (Phi) is 6.38.